The van der Waals surface area contributed by atoms with Crippen molar-refractivity contribution in [2.45, 2.75) is 38.0 Å². The van der Waals surface area contributed by atoms with Crippen LogP contribution in [0.25, 0.3) is 0 Å². The third kappa shape index (κ3) is 2.16. The maximum atomic E-state index is 13.1. The zero-order chi connectivity index (χ0) is 15.2. The maximum absolute atomic E-state index is 13.1. The number of rotatable bonds is 1. The first-order valence-electron chi connectivity index (χ1n) is 7.86. The molecule has 1 fully saturated rings. The SMILES string of the molecule is Cc1ncc2c(n1)C1(CCCN(c3ccc(F)cn3)C1)CC2. The van der Waals surface area contributed by atoms with Crippen LogP contribution in [0, 0.1) is 12.7 Å². The van der Waals surface area contributed by atoms with Crippen LogP contribution in [-0.4, -0.2) is 28.0 Å². The van der Waals surface area contributed by atoms with Gasteiger partial charge in [0.1, 0.15) is 17.5 Å². The van der Waals surface area contributed by atoms with Crippen molar-refractivity contribution in [2.75, 3.05) is 18.0 Å². The third-order valence-corrected chi connectivity index (χ3v) is 4.97. The number of fused-ring (bicyclic) bond motifs is 2. The molecule has 1 unspecified atom stereocenters. The van der Waals surface area contributed by atoms with Gasteiger partial charge in [0.25, 0.3) is 0 Å². The maximum Gasteiger partial charge on any atom is 0.141 e. The molecular weight excluding hydrogens is 279 g/mol. The third-order valence-electron chi connectivity index (χ3n) is 4.97. The molecule has 1 atom stereocenters. The largest absolute Gasteiger partial charge is 0.356 e. The number of hydrogen-bond donors (Lipinski definition) is 0. The summed E-state index contributed by atoms with van der Waals surface area (Å²) in [6.45, 7) is 3.84. The summed E-state index contributed by atoms with van der Waals surface area (Å²) in [5.41, 5.74) is 2.63. The van der Waals surface area contributed by atoms with Crippen molar-refractivity contribution in [3.63, 3.8) is 0 Å². The van der Waals surface area contributed by atoms with E-state index in [-0.39, 0.29) is 11.2 Å². The predicted octanol–water partition coefficient (Wildman–Crippen LogP) is 2.80. The summed E-state index contributed by atoms with van der Waals surface area (Å²) in [6, 6.07) is 3.26. The van der Waals surface area contributed by atoms with E-state index in [9.17, 15) is 4.39 Å². The average molecular weight is 298 g/mol. The Balaban J connectivity index is 1.67. The molecule has 3 heterocycles. The summed E-state index contributed by atoms with van der Waals surface area (Å²) in [7, 11) is 0. The van der Waals surface area contributed by atoms with Gasteiger partial charge in [-0.15, -0.1) is 0 Å². The van der Waals surface area contributed by atoms with Gasteiger partial charge < -0.3 is 4.90 Å². The van der Waals surface area contributed by atoms with Gasteiger partial charge >= 0.3 is 0 Å². The van der Waals surface area contributed by atoms with Crippen LogP contribution in [0.4, 0.5) is 10.2 Å². The van der Waals surface area contributed by atoms with Gasteiger partial charge in [0, 0.05) is 24.7 Å². The Bertz CT molecular complexity index is 696. The van der Waals surface area contributed by atoms with Crippen LogP contribution in [0.1, 0.15) is 36.3 Å². The molecule has 4 rings (SSSR count). The van der Waals surface area contributed by atoms with Crippen molar-refractivity contribution in [1.29, 1.82) is 0 Å². The number of halogens is 1. The minimum absolute atomic E-state index is 0.108. The molecule has 0 N–H and O–H groups in total. The summed E-state index contributed by atoms with van der Waals surface area (Å²) >= 11 is 0. The van der Waals surface area contributed by atoms with Crippen LogP contribution >= 0.6 is 0 Å². The molecule has 114 valence electrons. The van der Waals surface area contributed by atoms with Crippen molar-refractivity contribution >= 4 is 5.82 Å². The van der Waals surface area contributed by atoms with E-state index in [0.29, 0.717) is 0 Å². The van der Waals surface area contributed by atoms with Crippen LogP contribution in [-0.2, 0) is 11.8 Å². The standard InChI is InChI=1S/C17H19FN4/c1-12-19-9-13-5-7-17(16(13)21-12)6-2-8-22(11-17)15-4-3-14(18)10-20-15/h3-4,9-10H,2,5-8,11H2,1H3. The van der Waals surface area contributed by atoms with E-state index >= 15 is 0 Å². The minimum atomic E-state index is -0.287. The molecule has 22 heavy (non-hydrogen) atoms. The number of nitrogens with zero attached hydrogens (tertiary/aromatic N) is 4. The number of hydrogen-bond acceptors (Lipinski definition) is 4. The Labute approximate surface area is 129 Å². The number of piperidine rings is 1. The Kier molecular flexibility index (Phi) is 3.10. The fourth-order valence-corrected chi connectivity index (χ4v) is 3.91. The van der Waals surface area contributed by atoms with E-state index in [0.717, 1.165) is 50.4 Å². The predicted molar refractivity (Wildman–Crippen MR) is 82.4 cm³/mol. The Hall–Kier alpha value is -2.04. The van der Waals surface area contributed by atoms with E-state index in [1.165, 1.54) is 23.5 Å². The van der Waals surface area contributed by atoms with Crippen molar-refractivity contribution in [1.82, 2.24) is 15.0 Å². The molecule has 0 aromatic carbocycles. The van der Waals surface area contributed by atoms with Crippen molar-refractivity contribution in [3.8, 4) is 0 Å². The molecule has 1 saturated heterocycles. The Morgan fingerprint density at radius 2 is 2.09 bits per heavy atom. The van der Waals surface area contributed by atoms with Crippen LogP contribution in [0.5, 0.6) is 0 Å². The molecule has 2 aromatic heterocycles. The topological polar surface area (TPSA) is 41.9 Å². The first kappa shape index (κ1) is 13.6. The first-order chi connectivity index (χ1) is 10.7. The fourth-order valence-electron chi connectivity index (χ4n) is 3.91. The average Bonchev–Trinajstić information content (AvgIpc) is 2.86. The van der Waals surface area contributed by atoms with E-state index in [4.69, 9.17) is 4.98 Å². The van der Waals surface area contributed by atoms with E-state index < -0.39 is 0 Å². The van der Waals surface area contributed by atoms with Gasteiger partial charge in [-0.3, -0.25) is 0 Å². The van der Waals surface area contributed by atoms with Gasteiger partial charge in [0.05, 0.1) is 11.9 Å². The molecule has 0 saturated carbocycles. The molecule has 4 nitrogen and oxygen atoms in total. The molecule has 0 bridgehead atoms. The van der Waals surface area contributed by atoms with Gasteiger partial charge in [-0.2, -0.15) is 0 Å². The summed E-state index contributed by atoms with van der Waals surface area (Å²) in [6.07, 6.45) is 7.74. The lowest BCUT2D eigenvalue weighted by molar-refractivity contribution is 0.332. The van der Waals surface area contributed by atoms with E-state index in [1.807, 2.05) is 13.1 Å². The minimum Gasteiger partial charge on any atom is -0.356 e. The van der Waals surface area contributed by atoms with Gasteiger partial charge in [-0.05, 0) is 50.3 Å². The highest BCUT2D eigenvalue weighted by molar-refractivity contribution is 5.43. The lowest BCUT2D eigenvalue weighted by Gasteiger charge is -2.41. The molecule has 1 spiro atoms. The number of anilines is 1. The van der Waals surface area contributed by atoms with E-state index in [2.05, 4.69) is 14.9 Å². The number of pyridine rings is 1. The van der Waals surface area contributed by atoms with Gasteiger partial charge in [-0.25, -0.2) is 19.3 Å². The second-order valence-electron chi connectivity index (χ2n) is 6.43. The second-order valence-corrected chi connectivity index (χ2v) is 6.43. The molecule has 2 aliphatic rings. The molecule has 1 aliphatic carbocycles. The van der Waals surface area contributed by atoms with E-state index in [1.54, 1.807) is 6.07 Å². The molecule has 0 radical (unpaired) electrons. The molecule has 5 heteroatoms. The molecule has 2 aromatic rings. The van der Waals surface area contributed by atoms with Gasteiger partial charge in [0.2, 0.25) is 0 Å². The zero-order valence-corrected chi connectivity index (χ0v) is 12.7. The Morgan fingerprint density at radius 1 is 1.18 bits per heavy atom. The highest BCUT2D eigenvalue weighted by Gasteiger charge is 2.43. The van der Waals surface area contributed by atoms with Gasteiger partial charge in [0.15, 0.2) is 0 Å². The molecular formula is C17H19FN4. The molecule has 0 amide bonds. The second kappa shape index (κ2) is 5.00. The monoisotopic (exact) mass is 298 g/mol. The highest BCUT2D eigenvalue weighted by Crippen LogP contribution is 2.44. The molecule has 1 aliphatic heterocycles. The smallest absolute Gasteiger partial charge is 0.141 e. The summed E-state index contributed by atoms with van der Waals surface area (Å²) in [5.74, 6) is 1.42. The normalized spacial score (nSPS) is 23.8. The Morgan fingerprint density at radius 3 is 2.91 bits per heavy atom. The number of aryl methyl sites for hydroxylation is 2. The van der Waals surface area contributed by atoms with Crippen LogP contribution in [0.3, 0.4) is 0 Å². The summed E-state index contributed by atoms with van der Waals surface area (Å²) in [4.78, 5) is 15.6. The van der Waals surface area contributed by atoms with Gasteiger partial charge in [-0.1, -0.05) is 0 Å². The van der Waals surface area contributed by atoms with Crippen molar-refractivity contribution in [3.05, 3.63) is 47.4 Å². The van der Waals surface area contributed by atoms with Crippen molar-refractivity contribution < 1.29 is 4.39 Å². The summed E-state index contributed by atoms with van der Waals surface area (Å²) in [5, 5.41) is 0. The van der Waals surface area contributed by atoms with Crippen LogP contribution in [0.15, 0.2) is 24.5 Å². The summed E-state index contributed by atoms with van der Waals surface area (Å²) < 4.78 is 13.1. The quantitative estimate of drug-likeness (QED) is 0.812. The lowest BCUT2D eigenvalue weighted by Crippen LogP contribution is -2.45. The fraction of sp³-hybridized carbons (Fsp3) is 0.471. The van der Waals surface area contributed by atoms with Crippen LogP contribution in [0.2, 0.25) is 0 Å². The number of aromatic nitrogens is 3. The highest BCUT2D eigenvalue weighted by atomic mass is 19.1. The zero-order valence-electron chi connectivity index (χ0n) is 12.7. The van der Waals surface area contributed by atoms with Crippen molar-refractivity contribution in [2.24, 2.45) is 0 Å². The lowest BCUT2D eigenvalue weighted by atomic mass is 9.77. The van der Waals surface area contributed by atoms with Crippen LogP contribution < -0.4 is 4.90 Å². The first-order valence-corrected chi connectivity index (χ1v) is 7.86.